The summed E-state index contributed by atoms with van der Waals surface area (Å²) >= 11 is 0. The molecule has 0 radical (unpaired) electrons. The molecule has 0 aliphatic heterocycles. The number of likely N-dealkylation sites (N-methyl/N-ethyl adjacent to an activating group) is 1. The van der Waals surface area contributed by atoms with Gasteiger partial charge in [-0.05, 0) is 24.6 Å². The van der Waals surface area contributed by atoms with Crippen molar-refractivity contribution in [3.05, 3.63) is 23.8 Å². The van der Waals surface area contributed by atoms with Crippen molar-refractivity contribution in [2.45, 2.75) is 13.3 Å². The maximum absolute atomic E-state index is 12.0. The summed E-state index contributed by atoms with van der Waals surface area (Å²) in [5.74, 6) is -0.181. The molecule has 0 spiro atoms. The lowest BCUT2D eigenvalue weighted by atomic mass is 10.1. The Morgan fingerprint density at radius 2 is 1.95 bits per heavy atom. The zero-order valence-corrected chi connectivity index (χ0v) is 13.1. The fraction of sp³-hybridized carbons (Fsp3) is 0.467. The van der Waals surface area contributed by atoms with E-state index in [2.05, 4.69) is 5.32 Å². The summed E-state index contributed by atoms with van der Waals surface area (Å²) in [5.41, 5.74) is 7.82. The zero-order chi connectivity index (χ0) is 16.0. The van der Waals surface area contributed by atoms with Gasteiger partial charge in [-0.3, -0.25) is 9.59 Å². The number of hydrogen-bond acceptors (Lipinski definition) is 4. The van der Waals surface area contributed by atoms with E-state index in [4.69, 9.17) is 5.73 Å². The average molecular weight is 292 g/mol. The van der Waals surface area contributed by atoms with Gasteiger partial charge in [-0.1, -0.05) is 6.92 Å². The predicted molar refractivity (Wildman–Crippen MR) is 85.4 cm³/mol. The van der Waals surface area contributed by atoms with E-state index < -0.39 is 0 Å². The number of anilines is 2. The molecule has 1 rings (SSSR count). The van der Waals surface area contributed by atoms with Gasteiger partial charge in [-0.25, -0.2) is 0 Å². The second-order valence-corrected chi connectivity index (χ2v) is 5.06. The highest BCUT2D eigenvalue weighted by Gasteiger charge is 2.16. The number of nitrogens with two attached hydrogens (primary N) is 1. The van der Waals surface area contributed by atoms with Crippen molar-refractivity contribution in [2.75, 3.05) is 44.9 Å². The predicted octanol–water partition coefficient (Wildman–Crippen LogP) is 0.933. The molecule has 0 aliphatic rings. The molecule has 2 amide bonds. The van der Waals surface area contributed by atoms with Crippen molar-refractivity contribution < 1.29 is 9.59 Å². The highest BCUT2D eigenvalue weighted by molar-refractivity contribution is 5.96. The van der Waals surface area contributed by atoms with Gasteiger partial charge >= 0.3 is 0 Å². The van der Waals surface area contributed by atoms with Crippen molar-refractivity contribution in [3.8, 4) is 0 Å². The molecule has 1 aromatic carbocycles. The Bertz CT molecular complexity index is 514. The molecule has 0 saturated carbocycles. The van der Waals surface area contributed by atoms with E-state index in [-0.39, 0.29) is 18.4 Å². The summed E-state index contributed by atoms with van der Waals surface area (Å²) in [7, 11) is 5.02. The number of amides is 2. The normalized spacial score (nSPS) is 10.1. The summed E-state index contributed by atoms with van der Waals surface area (Å²) in [5, 5.41) is 2.58. The monoisotopic (exact) mass is 292 g/mol. The summed E-state index contributed by atoms with van der Waals surface area (Å²) in [6.07, 6.45) is 0.879. The lowest BCUT2D eigenvalue weighted by Gasteiger charge is -2.27. The molecular weight excluding hydrogens is 268 g/mol. The van der Waals surface area contributed by atoms with Crippen molar-refractivity contribution in [3.63, 3.8) is 0 Å². The van der Waals surface area contributed by atoms with Crippen molar-refractivity contribution >= 4 is 23.2 Å². The second kappa shape index (κ2) is 7.52. The number of nitrogen functional groups attached to an aromatic ring is 1. The van der Waals surface area contributed by atoms with Gasteiger partial charge in [-0.2, -0.15) is 0 Å². The van der Waals surface area contributed by atoms with E-state index in [1.54, 1.807) is 44.2 Å². The number of carbonyl (C=O) groups excluding carboxylic acids is 2. The van der Waals surface area contributed by atoms with Gasteiger partial charge in [0.1, 0.15) is 0 Å². The van der Waals surface area contributed by atoms with Crippen LogP contribution in [0.25, 0.3) is 0 Å². The molecule has 0 atom stereocenters. The maximum Gasteiger partial charge on any atom is 0.251 e. The molecular formula is C15H24N4O2. The van der Waals surface area contributed by atoms with E-state index >= 15 is 0 Å². The molecule has 0 unspecified atom stereocenters. The van der Waals surface area contributed by atoms with Gasteiger partial charge in [0.25, 0.3) is 5.91 Å². The first-order valence-corrected chi connectivity index (χ1v) is 6.97. The van der Waals surface area contributed by atoms with Gasteiger partial charge in [0.2, 0.25) is 5.91 Å². The average Bonchev–Trinajstić information content (AvgIpc) is 2.46. The van der Waals surface area contributed by atoms with Crippen LogP contribution < -0.4 is 16.0 Å². The molecule has 3 N–H and O–H groups in total. The zero-order valence-electron chi connectivity index (χ0n) is 13.1. The number of benzene rings is 1. The summed E-state index contributed by atoms with van der Waals surface area (Å²) < 4.78 is 0. The Morgan fingerprint density at radius 3 is 2.48 bits per heavy atom. The quantitative estimate of drug-likeness (QED) is 0.765. The van der Waals surface area contributed by atoms with Gasteiger partial charge in [-0.15, -0.1) is 0 Å². The van der Waals surface area contributed by atoms with Crippen LogP contribution in [0.3, 0.4) is 0 Å². The first kappa shape index (κ1) is 16.8. The van der Waals surface area contributed by atoms with Crippen LogP contribution in [-0.2, 0) is 4.79 Å². The van der Waals surface area contributed by atoms with Crippen LogP contribution in [0.5, 0.6) is 0 Å². The molecule has 6 nitrogen and oxygen atoms in total. The third kappa shape index (κ3) is 4.37. The Balaban J connectivity index is 3.11. The highest BCUT2D eigenvalue weighted by atomic mass is 16.2. The Morgan fingerprint density at radius 1 is 1.29 bits per heavy atom. The lowest BCUT2D eigenvalue weighted by molar-refractivity contribution is -0.127. The number of rotatable bonds is 6. The minimum Gasteiger partial charge on any atom is -0.397 e. The minimum atomic E-state index is -0.174. The molecule has 6 heteroatoms. The third-order valence-electron chi connectivity index (χ3n) is 3.18. The molecule has 1 aromatic rings. The highest BCUT2D eigenvalue weighted by Crippen LogP contribution is 2.25. The van der Waals surface area contributed by atoms with Crippen molar-refractivity contribution in [1.29, 1.82) is 0 Å². The Labute approximate surface area is 125 Å². The van der Waals surface area contributed by atoms with E-state index in [1.165, 1.54) is 0 Å². The number of carbonyl (C=O) groups is 2. The van der Waals surface area contributed by atoms with E-state index in [0.717, 1.165) is 6.42 Å². The van der Waals surface area contributed by atoms with Gasteiger partial charge in [0.15, 0.2) is 0 Å². The molecule has 0 bridgehead atoms. The first-order valence-electron chi connectivity index (χ1n) is 6.97. The fourth-order valence-electron chi connectivity index (χ4n) is 1.96. The smallest absolute Gasteiger partial charge is 0.251 e. The van der Waals surface area contributed by atoms with E-state index in [9.17, 15) is 9.59 Å². The SMILES string of the molecule is CCCN(CC(=O)N(C)C)c1cc(C(=O)NC)ccc1N. The topological polar surface area (TPSA) is 78.7 Å². The van der Waals surface area contributed by atoms with Gasteiger partial charge in [0.05, 0.1) is 17.9 Å². The molecule has 116 valence electrons. The molecule has 0 fully saturated rings. The largest absolute Gasteiger partial charge is 0.397 e. The minimum absolute atomic E-state index is 0.00630. The Hall–Kier alpha value is -2.24. The van der Waals surface area contributed by atoms with Gasteiger partial charge in [0, 0.05) is 33.3 Å². The standard InChI is InChI=1S/C15H24N4O2/c1-5-8-19(10-14(20)18(3)4)13-9-11(15(21)17-2)6-7-12(13)16/h6-7,9H,5,8,10,16H2,1-4H3,(H,17,21). The van der Waals surface area contributed by atoms with Crippen LogP contribution in [0.2, 0.25) is 0 Å². The summed E-state index contributed by atoms with van der Waals surface area (Å²) in [6, 6.07) is 5.10. The van der Waals surface area contributed by atoms with Crippen molar-refractivity contribution in [1.82, 2.24) is 10.2 Å². The number of hydrogen-bond donors (Lipinski definition) is 2. The van der Waals surface area contributed by atoms with Crippen LogP contribution >= 0.6 is 0 Å². The number of nitrogens with one attached hydrogen (secondary N) is 1. The van der Waals surface area contributed by atoms with Crippen molar-refractivity contribution in [2.24, 2.45) is 0 Å². The van der Waals surface area contributed by atoms with E-state index in [1.807, 2.05) is 11.8 Å². The molecule has 21 heavy (non-hydrogen) atoms. The van der Waals surface area contributed by atoms with Crippen LogP contribution in [0.4, 0.5) is 11.4 Å². The first-order chi connectivity index (χ1) is 9.90. The third-order valence-corrected chi connectivity index (χ3v) is 3.18. The summed E-state index contributed by atoms with van der Waals surface area (Å²) in [6.45, 7) is 2.97. The second-order valence-electron chi connectivity index (χ2n) is 5.06. The molecule has 0 saturated heterocycles. The van der Waals surface area contributed by atoms with Crippen LogP contribution in [0.15, 0.2) is 18.2 Å². The summed E-state index contributed by atoms with van der Waals surface area (Å²) in [4.78, 5) is 27.1. The number of nitrogens with zero attached hydrogens (tertiary/aromatic N) is 2. The molecule has 0 heterocycles. The lowest BCUT2D eigenvalue weighted by Crippen LogP contribution is -2.37. The van der Waals surface area contributed by atoms with Crippen LogP contribution in [-0.4, -0.2) is 50.9 Å². The maximum atomic E-state index is 12.0. The molecule has 0 aromatic heterocycles. The van der Waals surface area contributed by atoms with E-state index in [0.29, 0.717) is 23.5 Å². The van der Waals surface area contributed by atoms with Crippen LogP contribution in [0.1, 0.15) is 23.7 Å². The van der Waals surface area contributed by atoms with Gasteiger partial charge < -0.3 is 20.9 Å². The Kier molecular flexibility index (Phi) is 6.02. The van der Waals surface area contributed by atoms with Crippen LogP contribution in [0, 0.1) is 0 Å². The molecule has 0 aliphatic carbocycles. The fourth-order valence-corrected chi connectivity index (χ4v) is 1.96.